The first-order valence-corrected chi connectivity index (χ1v) is 5.58. The maximum atomic E-state index is 11.9. The molecule has 5 nitrogen and oxygen atoms in total. The highest BCUT2D eigenvalue weighted by molar-refractivity contribution is 5.92. The zero-order valence-electron chi connectivity index (χ0n) is 11.0. The van der Waals surface area contributed by atoms with E-state index in [0.717, 1.165) is 0 Å². The van der Waals surface area contributed by atoms with Crippen molar-refractivity contribution >= 4 is 5.91 Å². The number of hydrogen-bond donors (Lipinski definition) is 2. The Balaban J connectivity index is 2.86. The second-order valence-corrected chi connectivity index (χ2v) is 5.18. The molecule has 2 N–H and O–H groups in total. The van der Waals surface area contributed by atoms with Crippen LogP contribution in [0.4, 0.5) is 0 Å². The van der Waals surface area contributed by atoms with Crippen LogP contribution >= 0.6 is 0 Å². The van der Waals surface area contributed by atoms with Crippen molar-refractivity contribution in [1.82, 2.24) is 10.3 Å². The molecule has 0 saturated heterocycles. The molecule has 0 saturated carbocycles. The Morgan fingerprint density at radius 3 is 2.39 bits per heavy atom. The van der Waals surface area contributed by atoms with E-state index in [4.69, 9.17) is 5.26 Å². The van der Waals surface area contributed by atoms with Crippen LogP contribution in [0.3, 0.4) is 0 Å². The molecule has 1 amide bonds. The highest BCUT2D eigenvalue weighted by Crippen LogP contribution is 2.20. The molecular formula is C13H17N3O2. The van der Waals surface area contributed by atoms with Crippen LogP contribution in [0.25, 0.3) is 0 Å². The van der Waals surface area contributed by atoms with Crippen molar-refractivity contribution in [3.8, 4) is 6.07 Å². The third-order valence-corrected chi connectivity index (χ3v) is 3.08. The van der Waals surface area contributed by atoms with Gasteiger partial charge in [0.25, 0.3) is 5.91 Å². The molecule has 18 heavy (non-hydrogen) atoms. The van der Waals surface area contributed by atoms with Crippen LogP contribution in [0, 0.1) is 11.3 Å². The van der Waals surface area contributed by atoms with Crippen molar-refractivity contribution in [2.45, 2.75) is 38.8 Å². The summed E-state index contributed by atoms with van der Waals surface area (Å²) in [5.74, 6) is -0.383. The van der Waals surface area contributed by atoms with Crippen LogP contribution < -0.4 is 5.32 Å². The van der Waals surface area contributed by atoms with Crippen molar-refractivity contribution in [3.05, 3.63) is 29.6 Å². The molecule has 0 aliphatic carbocycles. The first kappa shape index (κ1) is 14.1. The van der Waals surface area contributed by atoms with Crippen LogP contribution in [-0.2, 0) is 0 Å². The molecule has 0 atom stereocenters. The van der Waals surface area contributed by atoms with Gasteiger partial charge in [0.15, 0.2) is 0 Å². The summed E-state index contributed by atoms with van der Waals surface area (Å²) in [6, 6.07) is 4.94. The fourth-order valence-corrected chi connectivity index (χ4v) is 1.10. The number of carbonyl (C=O) groups is 1. The summed E-state index contributed by atoms with van der Waals surface area (Å²) in [7, 11) is 0. The van der Waals surface area contributed by atoms with E-state index in [2.05, 4.69) is 10.3 Å². The fraction of sp³-hybridized carbons (Fsp3) is 0.462. The summed E-state index contributed by atoms with van der Waals surface area (Å²) < 4.78 is 0. The third kappa shape index (κ3) is 3.05. The Kier molecular flexibility index (Phi) is 3.73. The number of aromatic nitrogens is 1. The Hall–Kier alpha value is -1.93. The van der Waals surface area contributed by atoms with E-state index in [1.54, 1.807) is 27.7 Å². The fourth-order valence-electron chi connectivity index (χ4n) is 1.10. The third-order valence-electron chi connectivity index (χ3n) is 3.08. The van der Waals surface area contributed by atoms with Gasteiger partial charge in [-0.1, -0.05) is 0 Å². The standard InChI is InChI=1S/C13H17N3O2/c1-12(2,13(3,4)18)16-11(17)10-6-5-9(7-14)8-15-10/h5-6,8,18H,1-4H3,(H,16,17). The second kappa shape index (κ2) is 4.75. The Morgan fingerprint density at radius 2 is 2.00 bits per heavy atom. The summed E-state index contributed by atoms with van der Waals surface area (Å²) in [6.07, 6.45) is 1.34. The number of amides is 1. The predicted octanol–water partition coefficient (Wildman–Crippen LogP) is 1.23. The molecule has 0 fully saturated rings. The van der Waals surface area contributed by atoms with Gasteiger partial charge in [-0.25, -0.2) is 4.98 Å². The monoisotopic (exact) mass is 247 g/mol. The minimum atomic E-state index is -1.06. The molecule has 0 spiro atoms. The van der Waals surface area contributed by atoms with Crippen molar-refractivity contribution in [1.29, 1.82) is 5.26 Å². The number of nitrogens with one attached hydrogen (secondary N) is 1. The molecule has 5 heteroatoms. The quantitative estimate of drug-likeness (QED) is 0.841. The van der Waals surface area contributed by atoms with Gasteiger partial charge < -0.3 is 10.4 Å². The number of aliphatic hydroxyl groups is 1. The van der Waals surface area contributed by atoms with E-state index in [9.17, 15) is 9.90 Å². The topological polar surface area (TPSA) is 86.0 Å². The number of nitrogens with zero attached hydrogens (tertiary/aromatic N) is 2. The summed E-state index contributed by atoms with van der Waals surface area (Å²) in [5, 5.41) is 21.3. The van der Waals surface area contributed by atoms with E-state index < -0.39 is 11.1 Å². The molecule has 0 aliphatic rings. The summed E-state index contributed by atoms with van der Waals surface area (Å²) >= 11 is 0. The highest BCUT2D eigenvalue weighted by Gasteiger charge is 2.36. The van der Waals surface area contributed by atoms with Crippen LogP contribution in [0.15, 0.2) is 18.3 Å². The molecule has 0 radical (unpaired) electrons. The normalized spacial score (nSPS) is 11.8. The maximum absolute atomic E-state index is 11.9. The molecule has 1 aromatic rings. The zero-order chi connectivity index (χ0) is 14.0. The molecule has 1 heterocycles. The van der Waals surface area contributed by atoms with Gasteiger partial charge in [-0.3, -0.25) is 4.79 Å². The Labute approximate surface area is 106 Å². The summed E-state index contributed by atoms with van der Waals surface area (Å²) in [4.78, 5) is 15.8. The van der Waals surface area contributed by atoms with E-state index >= 15 is 0 Å². The number of nitriles is 1. The lowest BCUT2D eigenvalue weighted by atomic mass is 9.86. The van der Waals surface area contributed by atoms with Crippen molar-refractivity contribution in [2.75, 3.05) is 0 Å². The largest absolute Gasteiger partial charge is 0.388 e. The minimum absolute atomic E-state index is 0.214. The summed E-state index contributed by atoms with van der Waals surface area (Å²) in [6.45, 7) is 6.71. The smallest absolute Gasteiger partial charge is 0.270 e. The van der Waals surface area contributed by atoms with Gasteiger partial charge >= 0.3 is 0 Å². The van der Waals surface area contributed by atoms with Crippen LogP contribution in [0.5, 0.6) is 0 Å². The molecule has 1 aromatic heterocycles. The maximum Gasteiger partial charge on any atom is 0.270 e. The molecule has 96 valence electrons. The van der Waals surface area contributed by atoms with Crippen LogP contribution in [0.1, 0.15) is 43.7 Å². The van der Waals surface area contributed by atoms with Crippen LogP contribution in [0.2, 0.25) is 0 Å². The van der Waals surface area contributed by atoms with E-state index in [0.29, 0.717) is 5.56 Å². The lowest BCUT2D eigenvalue weighted by molar-refractivity contribution is -0.00302. The minimum Gasteiger partial charge on any atom is -0.388 e. The molecule has 0 aliphatic heterocycles. The average Bonchev–Trinajstić information content (AvgIpc) is 2.27. The predicted molar refractivity (Wildman–Crippen MR) is 66.8 cm³/mol. The Bertz CT molecular complexity index is 478. The first-order chi connectivity index (χ1) is 8.17. The average molecular weight is 247 g/mol. The van der Waals surface area contributed by atoms with Gasteiger partial charge in [0.1, 0.15) is 11.8 Å². The van der Waals surface area contributed by atoms with Gasteiger partial charge in [0.2, 0.25) is 0 Å². The van der Waals surface area contributed by atoms with Gasteiger partial charge in [0.05, 0.1) is 16.7 Å². The molecule has 0 bridgehead atoms. The number of carbonyl (C=O) groups excluding carboxylic acids is 1. The highest BCUT2D eigenvalue weighted by atomic mass is 16.3. The molecule has 0 unspecified atom stereocenters. The second-order valence-electron chi connectivity index (χ2n) is 5.18. The SMILES string of the molecule is CC(C)(O)C(C)(C)NC(=O)c1ccc(C#N)cn1. The van der Waals surface area contributed by atoms with E-state index in [1.165, 1.54) is 18.3 Å². The molecule has 0 aromatic carbocycles. The van der Waals surface area contributed by atoms with Gasteiger partial charge in [-0.15, -0.1) is 0 Å². The molecule has 1 rings (SSSR count). The van der Waals surface area contributed by atoms with Crippen LogP contribution in [-0.4, -0.2) is 27.1 Å². The number of hydrogen-bond acceptors (Lipinski definition) is 4. The van der Waals surface area contributed by atoms with Gasteiger partial charge in [0, 0.05) is 6.20 Å². The van der Waals surface area contributed by atoms with E-state index in [1.807, 2.05) is 6.07 Å². The first-order valence-electron chi connectivity index (χ1n) is 5.58. The van der Waals surface area contributed by atoms with Crippen molar-refractivity contribution in [3.63, 3.8) is 0 Å². The Morgan fingerprint density at radius 1 is 1.39 bits per heavy atom. The van der Waals surface area contributed by atoms with Crippen molar-refractivity contribution < 1.29 is 9.90 Å². The van der Waals surface area contributed by atoms with Crippen molar-refractivity contribution in [2.24, 2.45) is 0 Å². The van der Waals surface area contributed by atoms with Gasteiger partial charge in [-0.05, 0) is 39.8 Å². The lowest BCUT2D eigenvalue weighted by Gasteiger charge is -2.37. The zero-order valence-corrected chi connectivity index (χ0v) is 11.0. The van der Waals surface area contributed by atoms with Gasteiger partial charge in [-0.2, -0.15) is 5.26 Å². The number of pyridine rings is 1. The number of rotatable bonds is 3. The van der Waals surface area contributed by atoms with E-state index in [-0.39, 0.29) is 11.6 Å². The molecular weight excluding hydrogens is 230 g/mol. The lowest BCUT2D eigenvalue weighted by Crippen LogP contribution is -2.57. The summed E-state index contributed by atoms with van der Waals surface area (Å²) in [5.41, 5.74) is -1.24.